The Bertz CT molecular complexity index is 192. The van der Waals surface area contributed by atoms with Gasteiger partial charge in [0.25, 0.3) is 5.78 Å². The summed E-state index contributed by atoms with van der Waals surface area (Å²) in [6.45, 7) is 3.48. The highest BCUT2D eigenvalue weighted by Crippen LogP contribution is 1.90. The first-order chi connectivity index (χ1) is 5.18. The molecule has 0 aromatic carbocycles. The maximum atomic E-state index is 10.4. The van der Waals surface area contributed by atoms with Gasteiger partial charge in [-0.25, -0.2) is 4.79 Å². The predicted octanol–water partition coefficient (Wildman–Crippen LogP) is 1.16. The van der Waals surface area contributed by atoms with E-state index in [0.717, 1.165) is 12.5 Å². The van der Waals surface area contributed by atoms with Gasteiger partial charge in [0.05, 0.1) is 0 Å². The van der Waals surface area contributed by atoms with Crippen molar-refractivity contribution in [2.75, 3.05) is 0 Å². The van der Waals surface area contributed by atoms with Gasteiger partial charge in [-0.15, -0.1) is 6.58 Å². The van der Waals surface area contributed by atoms with Gasteiger partial charge in [0.2, 0.25) is 0 Å². The fourth-order valence-corrected chi connectivity index (χ4v) is 0.476. The number of carbonyl (C=O) groups excluding carboxylic acids is 1. The van der Waals surface area contributed by atoms with Crippen LogP contribution in [0.5, 0.6) is 0 Å². The molecule has 0 amide bonds. The average Bonchev–Trinajstić information content (AvgIpc) is 1.97. The van der Waals surface area contributed by atoms with E-state index in [1.165, 1.54) is 6.08 Å². The molecular formula is C8H10O3. The number of allylic oxidation sites excluding steroid dienone is 2. The fourth-order valence-electron chi connectivity index (χ4n) is 0.476. The third kappa shape index (κ3) is 5.08. The second-order valence-electron chi connectivity index (χ2n) is 1.94. The van der Waals surface area contributed by atoms with Gasteiger partial charge in [0.15, 0.2) is 0 Å². The summed E-state index contributed by atoms with van der Waals surface area (Å²) in [5.41, 5.74) is 0. The Labute approximate surface area is 65.0 Å². The molecule has 0 bridgehead atoms. The molecule has 0 unspecified atom stereocenters. The Morgan fingerprint density at radius 2 is 2.00 bits per heavy atom. The first-order valence-corrected chi connectivity index (χ1v) is 3.23. The van der Waals surface area contributed by atoms with E-state index in [1.54, 1.807) is 6.08 Å². The van der Waals surface area contributed by atoms with Crippen LogP contribution in [0.15, 0.2) is 24.8 Å². The van der Waals surface area contributed by atoms with Crippen molar-refractivity contribution in [3.05, 3.63) is 24.8 Å². The van der Waals surface area contributed by atoms with E-state index < -0.39 is 11.8 Å². The quantitative estimate of drug-likeness (QED) is 0.280. The Hall–Kier alpha value is -1.38. The number of rotatable bonds is 5. The Morgan fingerprint density at radius 3 is 2.45 bits per heavy atom. The molecule has 60 valence electrons. The number of ketones is 1. The molecule has 0 saturated carbocycles. The predicted molar refractivity (Wildman–Crippen MR) is 41.2 cm³/mol. The number of carboxylic acid groups (broad SMARTS) is 1. The van der Waals surface area contributed by atoms with Crippen molar-refractivity contribution in [2.45, 2.75) is 12.8 Å². The third-order valence-corrected chi connectivity index (χ3v) is 1.02. The molecule has 3 heteroatoms. The van der Waals surface area contributed by atoms with Gasteiger partial charge in [-0.2, -0.15) is 0 Å². The number of aliphatic carboxylic acids is 1. The van der Waals surface area contributed by atoms with Crippen LogP contribution in [0, 0.1) is 0 Å². The van der Waals surface area contributed by atoms with Gasteiger partial charge >= 0.3 is 5.97 Å². The average molecular weight is 154 g/mol. The van der Waals surface area contributed by atoms with Gasteiger partial charge < -0.3 is 5.11 Å². The van der Waals surface area contributed by atoms with Crippen LogP contribution in [0.25, 0.3) is 0 Å². The standard InChI is InChI=1S/C8H10O3/c1-2-3-4-5-6-7(9)8(10)11/h2,5-6H,1,3-4H2,(H,10,11). The van der Waals surface area contributed by atoms with Crippen molar-refractivity contribution in [1.82, 2.24) is 0 Å². The highest BCUT2D eigenvalue weighted by Gasteiger charge is 2.04. The molecule has 0 fully saturated rings. The lowest BCUT2D eigenvalue weighted by Gasteiger charge is -1.84. The zero-order chi connectivity index (χ0) is 8.69. The van der Waals surface area contributed by atoms with Gasteiger partial charge in [-0.05, 0) is 18.9 Å². The van der Waals surface area contributed by atoms with Crippen LogP contribution < -0.4 is 0 Å². The molecule has 0 aliphatic rings. The third-order valence-electron chi connectivity index (χ3n) is 1.02. The van der Waals surface area contributed by atoms with E-state index in [4.69, 9.17) is 5.11 Å². The molecule has 0 saturated heterocycles. The Morgan fingerprint density at radius 1 is 1.36 bits per heavy atom. The second-order valence-corrected chi connectivity index (χ2v) is 1.94. The highest BCUT2D eigenvalue weighted by atomic mass is 16.4. The minimum absolute atomic E-state index is 0.655. The van der Waals surface area contributed by atoms with Crippen LogP contribution in [-0.2, 0) is 9.59 Å². The molecule has 0 aliphatic heterocycles. The van der Waals surface area contributed by atoms with Crippen LogP contribution >= 0.6 is 0 Å². The highest BCUT2D eigenvalue weighted by molar-refractivity contribution is 6.37. The Kier molecular flexibility index (Phi) is 4.73. The van der Waals surface area contributed by atoms with E-state index in [2.05, 4.69) is 6.58 Å². The topological polar surface area (TPSA) is 54.4 Å². The van der Waals surface area contributed by atoms with Crippen LogP contribution in [0.3, 0.4) is 0 Å². The summed E-state index contributed by atoms with van der Waals surface area (Å²) in [6.07, 6.45) is 5.70. The molecule has 0 heterocycles. The van der Waals surface area contributed by atoms with Crippen molar-refractivity contribution in [1.29, 1.82) is 0 Å². The molecule has 0 aromatic rings. The number of carboxylic acids is 1. The summed E-state index contributed by atoms with van der Waals surface area (Å²) in [7, 11) is 0. The molecule has 0 atom stereocenters. The van der Waals surface area contributed by atoms with Crippen molar-refractivity contribution in [2.24, 2.45) is 0 Å². The van der Waals surface area contributed by atoms with Crippen LogP contribution in [0.2, 0.25) is 0 Å². The fraction of sp³-hybridized carbons (Fsp3) is 0.250. The zero-order valence-electron chi connectivity index (χ0n) is 6.12. The van der Waals surface area contributed by atoms with E-state index >= 15 is 0 Å². The lowest BCUT2D eigenvalue weighted by molar-refractivity contribution is -0.146. The minimum Gasteiger partial charge on any atom is -0.475 e. The number of unbranched alkanes of at least 4 members (excludes halogenated alkanes) is 1. The van der Waals surface area contributed by atoms with Gasteiger partial charge in [-0.1, -0.05) is 12.2 Å². The minimum atomic E-state index is -1.42. The molecule has 3 nitrogen and oxygen atoms in total. The first kappa shape index (κ1) is 9.62. The lowest BCUT2D eigenvalue weighted by Crippen LogP contribution is -2.08. The molecule has 1 N–H and O–H groups in total. The van der Waals surface area contributed by atoms with E-state index in [-0.39, 0.29) is 0 Å². The molecule has 0 aromatic heterocycles. The van der Waals surface area contributed by atoms with Gasteiger partial charge in [-0.3, -0.25) is 4.79 Å². The van der Waals surface area contributed by atoms with Crippen LogP contribution in [-0.4, -0.2) is 16.9 Å². The van der Waals surface area contributed by atoms with Crippen molar-refractivity contribution >= 4 is 11.8 Å². The summed E-state index contributed by atoms with van der Waals surface area (Å²) >= 11 is 0. The summed E-state index contributed by atoms with van der Waals surface area (Å²) in [5, 5.41) is 8.12. The monoisotopic (exact) mass is 154 g/mol. The summed E-state index contributed by atoms with van der Waals surface area (Å²) in [5.74, 6) is -2.30. The second kappa shape index (κ2) is 5.41. The van der Waals surface area contributed by atoms with Crippen molar-refractivity contribution in [3.8, 4) is 0 Å². The lowest BCUT2D eigenvalue weighted by atomic mass is 10.2. The van der Waals surface area contributed by atoms with Gasteiger partial charge in [0.1, 0.15) is 0 Å². The molecule has 0 aliphatic carbocycles. The molecule has 0 radical (unpaired) electrons. The van der Waals surface area contributed by atoms with Gasteiger partial charge in [0, 0.05) is 0 Å². The summed E-state index contributed by atoms with van der Waals surface area (Å²) in [4.78, 5) is 20.3. The zero-order valence-corrected chi connectivity index (χ0v) is 6.12. The first-order valence-electron chi connectivity index (χ1n) is 3.23. The smallest absolute Gasteiger partial charge is 0.376 e. The number of carbonyl (C=O) groups is 2. The molecule has 11 heavy (non-hydrogen) atoms. The molecule has 0 rings (SSSR count). The maximum Gasteiger partial charge on any atom is 0.376 e. The van der Waals surface area contributed by atoms with Crippen molar-refractivity contribution < 1.29 is 14.7 Å². The largest absolute Gasteiger partial charge is 0.475 e. The molecule has 0 spiro atoms. The van der Waals surface area contributed by atoms with E-state index in [1.807, 2.05) is 0 Å². The summed E-state index contributed by atoms with van der Waals surface area (Å²) < 4.78 is 0. The van der Waals surface area contributed by atoms with E-state index in [9.17, 15) is 9.59 Å². The molecular weight excluding hydrogens is 144 g/mol. The SMILES string of the molecule is C=CCCC=CC(=O)C(=O)O. The van der Waals surface area contributed by atoms with Crippen LogP contribution in [0.4, 0.5) is 0 Å². The normalized spacial score (nSPS) is 9.82. The maximum absolute atomic E-state index is 10.4. The van der Waals surface area contributed by atoms with E-state index in [0.29, 0.717) is 6.42 Å². The Balaban J connectivity index is 3.65. The number of hydrogen-bond donors (Lipinski definition) is 1. The van der Waals surface area contributed by atoms with Crippen molar-refractivity contribution in [3.63, 3.8) is 0 Å². The summed E-state index contributed by atoms with van der Waals surface area (Å²) in [6, 6.07) is 0. The number of hydrogen-bond acceptors (Lipinski definition) is 2. The van der Waals surface area contributed by atoms with Crippen LogP contribution in [0.1, 0.15) is 12.8 Å².